The highest BCUT2D eigenvalue weighted by atomic mass is 35.5. The van der Waals surface area contributed by atoms with Gasteiger partial charge in [-0.2, -0.15) is 0 Å². The smallest absolute Gasteiger partial charge is 0.0595 e. The first-order chi connectivity index (χ1) is 8.22. The Hall–Kier alpha value is 0.300. The van der Waals surface area contributed by atoms with Gasteiger partial charge in [0.05, 0.1) is 10.0 Å². The van der Waals surface area contributed by atoms with E-state index in [-0.39, 0.29) is 24.8 Å². The number of benzene rings is 1. The molecular formula is C13H20Cl4N2. The first kappa shape index (κ1) is 19.3. The van der Waals surface area contributed by atoms with E-state index in [4.69, 9.17) is 23.2 Å². The topological polar surface area (TPSA) is 15.3 Å². The Labute approximate surface area is 137 Å². The Morgan fingerprint density at radius 2 is 1.79 bits per heavy atom. The van der Waals surface area contributed by atoms with E-state index in [0.717, 1.165) is 32.6 Å². The van der Waals surface area contributed by atoms with Crippen LogP contribution in [-0.2, 0) is 0 Å². The zero-order chi connectivity index (χ0) is 12.3. The highest BCUT2D eigenvalue weighted by Crippen LogP contribution is 2.30. The van der Waals surface area contributed by atoms with E-state index in [1.165, 1.54) is 5.56 Å². The van der Waals surface area contributed by atoms with Crippen molar-refractivity contribution < 1.29 is 0 Å². The number of hydrogen-bond donors (Lipinski definition) is 1. The van der Waals surface area contributed by atoms with Gasteiger partial charge in [0.15, 0.2) is 0 Å². The van der Waals surface area contributed by atoms with E-state index in [1.807, 2.05) is 12.1 Å². The van der Waals surface area contributed by atoms with E-state index >= 15 is 0 Å². The van der Waals surface area contributed by atoms with Crippen LogP contribution < -0.4 is 5.32 Å². The average molecular weight is 346 g/mol. The molecule has 2 rings (SSSR count). The quantitative estimate of drug-likeness (QED) is 0.883. The number of nitrogens with one attached hydrogen (secondary N) is 1. The zero-order valence-electron chi connectivity index (χ0n) is 10.9. The fraction of sp³-hybridized carbons (Fsp3) is 0.538. The molecule has 1 aromatic carbocycles. The number of rotatable bonds is 3. The lowest BCUT2D eigenvalue weighted by atomic mass is 10.0. The molecule has 1 fully saturated rings. The maximum Gasteiger partial charge on any atom is 0.0595 e. The molecule has 0 aromatic heterocycles. The molecule has 1 aliphatic heterocycles. The van der Waals surface area contributed by atoms with Gasteiger partial charge in [-0.1, -0.05) is 36.2 Å². The SMILES string of the molecule is CC[C@@H](c1ccc(Cl)c(Cl)c1)N1CCNCC1.Cl.Cl. The van der Waals surface area contributed by atoms with Crippen molar-refractivity contribution in [1.29, 1.82) is 0 Å². The minimum absolute atomic E-state index is 0. The summed E-state index contributed by atoms with van der Waals surface area (Å²) >= 11 is 12.0. The predicted molar refractivity (Wildman–Crippen MR) is 88.4 cm³/mol. The maximum atomic E-state index is 6.09. The molecule has 0 aliphatic carbocycles. The van der Waals surface area contributed by atoms with Gasteiger partial charge in [0.1, 0.15) is 0 Å². The van der Waals surface area contributed by atoms with Crippen molar-refractivity contribution in [2.75, 3.05) is 26.2 Å². The lowest BCUT2D eigenvalue weighted by Crippen LogP contribution is -2.45. The van der Waals surface area contributed by atoms with Gasteiger partial charge in [-0.05, 0) is 24.1 Å². The Morgan fingerprint density at radius 1 is 1.16 bits per heavy atom. The van der Waals surface area contributed by atoms with Crippen LogP contribution in [0.25, 0.3) is 0 Å². The van der Waals surface area contributed by atoms with Crippen LogP contribution in [0.15, 0.2) is 18.2 Å². The first-order valence-electron chi connectivity index (χ1n) is 6.12. The normalized spacial score (nSPS) is 17.2. The van der Waals surface area contributed by atoms with E-state index in [0.29, 0.717) is 16.1 Å². The van der Waals surface area contributed by atoms with Crippen LogP contribution in [0, 0.1) is 0 Å². The van der Waals surface area contributed by atoms with E-state index in [1.54, 1.807) is 0 Å². The monoisotopic (exact) mass is 344 g/mol. The summed E-state index contributed by atoms with van der Waals surface area (Å²) in [6.07, 6.45) is 1.10. The molecule has 0 unspecified atom stereocenters. The van der Waals surface area contributed by atoms with E-state index in [9.17, 15) is 0 Å². The van der Waals surface area contributed by atoms with Crippen molar-refractivity contribution in [2.24, 2.45) is 0 Å². The molecule has 0 amide bonds. The van der Waals surface area contributed by atoms with Crippen molar-refractivity contribution in [3.8, 4) is 0 Å². The van der Waals surface area contributed by atoms with Crippen molar-refractivity contribution in [3.05, 3.63) is 33.8 Å². The minimum atomic E-state index is 0. The van der Waals surface area contributed by atoms with Crippen LogP contribution in [-0.4, -0.2) is 31.1 Å². The third-order valence-electron chi connectivity index (χ3n) is 3.31. The van der Waals surface area contributed by atoms with Crippen LogP contribution in [0.4, 0.5) is 0 Å². The van der Waals surface area contributed by atoms with Gasteiger partial charge < -0.3 is 5.32 Å². The van der Waals surface area contributed by atoms with Crippen molar-refractivity contribution in [1.82, 2.24) is 10.2 Å². The molecule has 0 saturated carbocycles. The maximum absolute atomic E-state index is 6.09. The molecule has 0 bridgehead atoms. The molecule has 19 heavy (non-hydrogen) atoms. The Kier molecular flexibility index (Phi) is 9.42. The van der Waals surface area contributed by atoms with Crippen LogP contribution >= 0.6 is 48.0 Å². The van der Waals surface area contributed by atoms with Crippen molar-refractivity contribution in [3.63, 3.8) is 0 Å². The zero-order valence-corrected chi connectivity index (χ0v) is 14.0. The van der Waals surface area contributed by atoms with Gasteiger partial charge in [0, 0.05) is 32.2 Å². The van der Waals surface area contributed by atoms with Crippen LogP contribution in [0.1, 0.15) is 24.9 Å². The summed E-state index contributed by atoms with van der Waals surface area (Å²) in [5.41, 5.74) is 1.27. The average Bonchev–Trinajstić information content (AvgIpc) is 2.36. The minimum Gasteiger partial charge on any atom is -0.314 e. The van der Waals surface area contributed by atoms with Gasteiger partial charge in [-0.25, -0.2) is 0 Å². The number of halogens is 4. The fourth-order valence-corrected chi connectivity index (χ4v) is 2.72. The van der Waals surface area contributed by atoms with Gasteiger partial charge in [0.2, 0.25) is 0 Å². The second-order valence-corrected chi connectivity index (χ2v) is 5.20. The molecule has 2 nitrogen and oxygen atoms in total. The van der Waals surface area contributed by atoms with Crippen LogP contribution in [0.5, 0.6) is 0 Å². The summed E-state index contributed by atoms with van der Waals surface area (Å²) in [5, 5.41) is 4.66. The highest BCUT2D eigenvalue weighted by Gasteiger charge is 2.20. The second-order valence-electron chi connectivity index (χ2n) is 4.38. The summed E-state index contributed by atoms with van der Waals surface area (Å²) < 4.78 is 0. The fourth-order valence-electron chi connectivity index (χ4n) is 2.42. The molecule has 1 heterocycles. The number of hydrogen-bond acceptors (Lipinski definition) is 2. The molecule has 0 spiro atoms. The number of nitrogens with zero attached hydrogens (tertiary/aromatic N) is 1. The molecule has 1 atom stereocenters. The van der Waals surface area contributed by atoms with Crippen molar-refractivity contribution in [2.45, 2.75) is 19.4 Å². The largest absolute Gasteiger partial charge is 0.314 e. The Balaban J connectivity index is 0.00000162. The molecule has 6 heteroatoms. The lowest BCUT2D eigenvalue weighted by Gasteiger charge is -2.34. The summed E-state index contributed by atoms with van der Waals surface area (Å²) in [5.74, 6) is 0. The summed E-state index contributed by atoms with van der Waals surface area (Å²) in [6, 6.07) is 6.43. The van der Waals surface area contributed by atoms with Gasteiger partial charge >= 0.3 is 0 Å². The highest BCUT2D eigenvalue weighted by molar-refractivity contribution is 6.42. The van der Waals surface area contributed by atoms with Crippen molar-refractivity contribution >= 4 is 48.0 Å². The predicted octanol–water partition coefficient (Wildman–Crippen LogP) is 4.19. The molecule has 1 aromatic rings. The Bertz CT molecular complexity index is 381. The summed E-state index contributed by atoms with van der Waals surface area (Å²) in [7, 11) is 0. The third kappa shape index (κ3) is 4.96. The standard InChI is InChI=1S/C13H18Cl2N2.2ClH/c1-2-13(17-7-5-16-6-8-17)10-3-4-11(14)12(15)9-10;;/h3-4,9,13,16H,2,5-8H2,1H3;2*1H/t13-;;/m0../s1. The van der Waals surface area contributed by atoms with E-state index in [2.05, 4.69) is 23.2 Å². The molecule has 1 aliphatic rings. The second kappa shape index (κ2) is 9.28. The van der Waals surface area contributed by atoms with Crippen LogP contribution in [0.3, 0.4) is 0 Å². The molecule has 110 valence electrons. The molecule has 1 N–H and O–H groups in total. The summed E-state index contributed by atoms with van der Waals surface area (Å²) in [4.78, 5) is 2.51. The van der Waals surface area contributed by atoms with Gasteiger partial charge in [0.25, 0.3) is 0 Å². The Morgan fingerprint density at radius 3 is 2.32 bits per heavy atom. The lowest BCUT2D eigenvalue weighted by molar-refractivity contribution is 0.169. The van der Waals surface area contributed by atoms with Crippen LogP contribution in [0.2, 0.25) is 10.0 Å². The van der Waals surface area contributed by atoms with Gasteiger partial charge in [-0.3, -0.25) is 4.90 Å². The van der Waals surface area contributed by atoms with E-state index < -0.39 is 0 Å². The summed E-state index contributed by atoms with van der Waals surface area (Å²) in [6.45, 7) is 6.54. The molecule has 0 radical (unpaired) electrons. The third-order valence-corrected chi connectivity index (χ3v) is 4.05. The van der Waals surface area contributed by atoms with Gasteiger partial charge in [-0.15, -0.1) is 24.8 Å². The molecule has 1 saturated heterocycles. The molecular weight excluding hydrogens is 326 g/mol. The first-order valence-corrected chi connectivity index (χ1v) is 6.87. The number of piperazine rings is 1.